The highest BCUT2D eigenvalue weighted by Gasteiger charge is 2.07. The van der Waals surface area contributed by atoms with Crippen molar-refractivity contribution in [2.45, 2.75) is 33.6 Å². The number of benzene rings is 1. The van der Waals surface area contributed by atoms with Gasteiger partial charge in [0.25, 0.3) is 0 Å². The van der Waals surface area contributed by atoms with Crippen molar-refractivity contribution in [3.63, 3.8) is 0 Å². The third-order valence-electron chi connectivity index (χ3n) is 3.30. The van der Waals surface area contributed by atoms with Gasteiger partial charge in [0, 0.05) is 18.8 Å². The Labute approximate surface area is 133 Å². The Bertz CT molecular complexity index is 494. The lowest BCUT2D eigenvalue weighted by Gasteiger charge is -2.24. The molecule has 3 nitrogen and oxygen atoms in total. The molecule has 1 rings (SSSR count). The summed E-state index contributed by atoms with van der Waals surface area (Å²) >= 11 is 1.36. The summed E-state index contributed by atoms with van der Waals surface area (Å²) in [5.74, 6) is 0. The summed E-state index contributed by atoms with van der Waals surface area (Å²) < 4.78 is 2.96. The molecule has 0 aliphatic carbocycles. The van der Waals surface area contributed by atoms with E-state index < -0.39 is 0 Å². The lowest BCUT2D eigenvalue weighted by atomic mass is 10.1. The number of nitrogens with zero attached hydrogens (tertiary/aromatic N) is 2. The lowest BCUT2D eigenvalue weighted by Crippen LogP contribution is -2.24. The van der Waals surface area contributed by atoms with Crippen molar-refractivity contribution in [2.75, 3.05) is 25.0 Å². The zero-order valence-corrected chi connectivity index (χ0v) is 14.3. The fourth-order valence-corrected chi connectivity index (χ4v) is 2.77. The summed E-state index contributed by atoms with van der Waals surface area (Å²) in [6.07, 6.45) is 2.30. The number of hydrogen-bond donors (Lipinski definition) is 1. The van der Waals surface area contributed by atoms with Crippen molar-refractivity contribution in [3.8, 4) is 6.07 Å². The monoisotopic (exact) mass is 303 g/mol. The van der Waals surface area contributed by atoms with E-state index in [0.717, 1.165) is 37.1 Å². The molecular weight excluding hydrogens is 278 g/mol. The normalized spacial score (nSPS) is 11.8. The highest BCUT2D eigenvalue weighted by Crippen LogP contribution is 2.26. The van der Waals surface area contributed by atoms with Crippen LogP contribution in [0.2, 0.25) is 0 Å². The predicted molar refractivity (Wildman–Crippen MR) is 94.1 cm³/mol. The number of rotatable bonds is 8. The van der Waals surface area contributed by atoms with Gasteiger partial charge in [-0.3, -0.25) is 4.72 Å². The topological polar surface area (TPSA) is 39.1 Å². The molecule has 0 heterocycles. The van der Waals surface area contributed by atoms with Crippen molar-refractivity contribution in [1.29, 1.82) is 5.26 Å². The van der Waals surface area contributed by atoms with Crippen LogP contribution in [0.25, 0.3) is 5.57 Å². The first-order chi connectivity index (χ1) is 10.2. The van der Waals surface area contributed by atoms with E-state index in [1.165, 1.54) is 17.6 Å². The van der Waals surface area contributed by atoms with Crippen molar-refractivity contribution < 1.29 is 0 Å². The van der Waals surface area contributed by atoms with Gasteiger partial charge in [0.05, 0.1) is 0 Å². The van der Waals surface area contributed by atoms with Crippen molar-refractivity contribution in [1.82, 2.24) is 4.72 Å². The molecule has 0 aliphatic heterocycles. The van der Waals surface area contributed by atoms with E-state index in [9.17, 15) is 5.26 Å². The Morgan fingerprint density at radius 1 is 1.19 bits per heavy atom. The van der Waals surface area contributed by atoms with E-state index >= 15 is 0 Å². The number of hydrogen-bond acceptors (Lipinski definition) is 4. The van der Waals surface area contributed by atoms with E-state index in [4.69, 9.17) is 0 Å². The molecule has 4 heteroatoms. The van der Waals surface area contributed by atoms with E-state index in [1.807, 2.05) is 14.0 Å². The summed E-state index contributed by atoms with van der Waals surface area (Å²) in [5.41, 5.74) is 3.38. The second kappa shape index (κ2) is 9.49. The molecule has 0 radical (unpaired) electrons. The molecule has 0 unspecified atom stereocenters. The maximum atomic E-state index is 9.19. The molecule has 1 aromatic rings. The van der Waals surface area contributed by atoms with Crippen molar-refractivity contribution >= 4 is 23.2 Å². The fraction of sp³-hybridized carbons (Fsp3) is 0.471. The zero-order valence-electron chi connectivity index (χ0n) is 13.4. The zero-order chi connectivity index (χ0) is 15.7. The van der Waals surface area contributed by atoms with Crippen LogP contribution in [-0.4, -0.2) is 20.1 Å². The van der Waals surface area contributed by atoms with Crippen molar-refractivity contribution in [2.24, 2.45) is 0 Å². The minimum atomic E-state index is 0.712. The van der Waals surface area contributed by atoms with Gasteiger partial charge in [-0.15, -0.1) is 0 Å². The van der Waals surface area contributed by atoms with E-state index in [-0.39, 0.29) is 0 Å². The van der Waals surface area contributed by atoms with Crippen LogP contribution in [-0.2, 0) is 0 Å². The summed E-state index contributed by atoms with van der Waals surface area (Å²) in [6, 6.07) is 10.8. The average Bonchev–Trinajstić information content (AvgIpc) is 2.52. The molecule has 0 fully saturated rings. The van der Waals surface area contributed by atoms with Gasteiger partial charge in [-0.2, -0.15) is 5.26 Å². The number of anilines is 1. The van der Waals surface area contributed by atoms with Gasteiger partial charge in [-0.05, 0) is 62.0 Å². The SMILES string of the molecule is CCCN(CCC)c1ccc(/C(C)=C(\C#N)SNC)cc1. The lowest BCUT2D eigenvalue weighted by molar-refractivity contribution is 0.745. The first-order valence-corrected chi connectivity index (χ1v) is 8.29. The second-order valence-electron chi connectivity index (χ2n) is 4.91. The molecule has 0 bridgehead atoms. The van der Waals surface area contributed by atoms with Crippen LogP contribution in [0.1, 0.15) is 39.2 Å². The summed E-state index contributed by atoms with van der Waals surface area (Å²) in [5, 5.41) is 9.19. The first kappa shape index (κ1) is 17.6. The van der Waals surface area contributed by atoms with E-state index in [0.29, 0.717) is 4.91 Å². The Morgan fingerprint density at radius 3 is 2.19 bits per heavy atom. The standard InChI is InChI=1S/C17H25N3S/c1-5-11-20(12-6-2)16-9-7-15(8-10-16)14(3)17(13-18)21-19-4/h7-10,19H,5-6,11-12H2,1-4H3/b17-14+. The minimum absolute atomic E-state index is 0.712. The predicted octanol–water partition coefficient (Wildman–Crippen LogP) is 4.44. The molecule has 114 valence electrons. The van der Waals surface area contributed by atoms with E-state index in [2.05, 4.69) is 53.8 Å². The van der Waals surface area contributed by atoms with Gasteiger partial charge in [0.1, 0.15) is 11.0 Å². The quantitative estimate of drug-likeness (QED) is 0.569. The number of nitriles is 1. The Kier molecular flexibility index (Phi) is 7.96. The maximum Gasteiger partial charge on any atom is 0.108 e. The fourth-order valence-electron chi connectivity index (χ4n) is 2.25. The Morgan fingerprint density at radius 2 is 1.76 bits per heavy atom. The Hall–Kier alpha value is -1.44. The van der Waals surface area contributed by atoms with Crippen LogP contribution in [0.3, 0.4) is 0 Å². The smallest absolute Gasteiger partial charge is 0.108 e. The van der Waals surface area contributed by atoms with Gasteiger partial charge < -0.3 is 4.90 Å². The molecule has 0 atom stereocenters. The summed E-state index contributed by atoms with van der Waals surface area (Å²) in [4.78, 5) is 3.13. The molecule has 0 aliphatic rings. The summed E-state index contributed by atoms with van der Waals surface area (Å²) in [7, 11) is 1.83. The van der Waals surface area contributed by atoms with Gasteiger partial charge >= 0.3 is 0 Å². The maximum absolute atomic E-state index is 9.19. The third-order valence-corrected chi connectivity index (χ3v) is 4.10. The highest BCUT2D eigenvalue weighted by atomic mass is 32.2. The number of allylic oxidation sites excluding steroid dienone is 2. The Balaban J connectivity index is 2.98. The van der Waals surface area contributed by atoms with Gasteiger partial charge in [0.15, 0.2) is 0 Å². The summed E-state index contributed by atoms with van der Waals surface area (Å²) in [6.45, 7) is 8.58. The van der Waals surface area contributed by atoms with E-state index in [1.54, 1.807) is 0 Å². The molecular formula is C17H25N3S. The molecule has 0 spiro atoms. The third kappa shape index (κ3) is 5.11. The average molecular weight is 303 g/mol. The van der Waals surface area contributed by atoms with Crippen LogP contribution >= 0.6 is 11.9 Å². The molecule has 0 saturated carbocycles. The van der Waals surface area contributed by atoms with Crippen LogP contribution in [0, 0.1) is 11.3 Å². The minimum Gasteiger partial charge on any atom is -0.372 e. The largest absolute Gasteiger partial charge is 0.372 e. The van der Waals surface area contributed by atoms with Gasteiger partial charge in [-0.1, -0.05) is 26.0 Å². The number of nitrogens with one attached hydrogen (secondary N) is 1. The molecule has 0 saturated heterocycles. The van der Waals surface area contributed by atoms with Gasteiger partial charge in [-0.25, -0.2) is 0 Å². The molecule has 1 aromatic carbocycles. The van der Waals surface area contributed by atoms with Crippen molar-refractivity contribution in [3.05, 3.63) is 34.7 Å². The van der Waals surface area contributed by atoms with Crippen LogP contribution in [0.4, 0.5) is 5.69 Å². The second-order valence-corrected chi connectivity index (χ2v) is 5.93. The molecule has 0 amide bonds. The van der Waals surface area contributed by atoms with Gasteiger partial charge in [0.2, 0.25) is 0 Å². The first-order valence-electron chi connectivity index (χ1n) is 7.47. The molecule has 1 N–H and O–H groups in total. The van der Waals surface area contributed by atoms with Crippen LogP contribution in [0.5, 0.6) is 0 Å². The highest BCUT2D eigenvalue weighted by molar-refractivity contribution is 8.01. The molecule has 21 heavy (non-hydrogen) atoms. The molecule has 0 aromatic heterocycles. The van der Waals surface area contributed by atoms with Crippen LogP contribution < -0.4 is 9.62 Å². The van der Waals surface area contributed by atoms with Crippen LogP contribution in [0.15, 0.2) is 29.2 Å².